The number of nitrogens with one attached hydrogen (secondary N) is 2. The Kier molecular flexibility index (Phi) is 6.03. The van der Waals surface area contributed by atoms with Gasteiger partial charge >= 0.3 is 5.69 Å². The van der Waals surface area contributed by atoms with Gasteiger partial charge in [0.2, 0.25) is 5.91 Å². The number of aryl methyl sites for hydroxylation is 2. The molecular weight excluding hydrogens is 426 g/mol. The number of piperidine rings is 1. The van der Waals surface area contributed by atoms with Crippen LogP contribution in [0.4, 0.5) is 0 Å². The number of likely N-dealkylation sites (tertiary alicyclic amines) is 1. The van der Waals surface area contributed by atoms with Gasteiger partial charge in [-0.2, -0.15) is 0 Å². The first kappa shape index (κ1) is 22.7. The van der Waals surface area contributed by atoms with Gasteiger partial charge in [0.05, 0.1) is 23.5 Å². The van der Waals surface area contributed by atoms with E-state index in [1.54, 1.807) is 36.9 Å². The zero-order valence-corrected chi connectivity index (χ0v) is 18.6. The van der Waals surface area contributed by atoms with E-state index in [9.17, 15) is 24.3 Å². The molecule has 10 nitrogen and oxygen atoms in total. The van der Waals surface area contributed by atoms with Crippen LogP contribution in [-0.2, 0) is 11.2 Å². The van der Waals surface area contributed by atoms with E-state index in [0.717, 1.165) is 0 Å². The highest BCUT2D eigenvalue weighted by Gasteiger charge is 2.41. The Morgan fingerprint density at radius 1 is 1.21 bits per heavy atom. The Bertz CT molecular complexity index is 1370. The first-order valence-electron chi connectivity index (χ1n) is 11.0. The number of benzene rings is 1. The van der Waals surface area contributed by atoms with E-state index < -0.39 is 22.9 Å². The second-order valence-corrected chi connectivity index (χ2v) is 8.84. The Balaban J connectivity index is 1.39. The van der Waals surface area contributed by atoms with Gasteiger partial charge in [0.25, 0.3) is 11.1 Å². The average Bonchev–Trinajstić information content (AvgIpc) is 2.76. The number of β-amino-alcohol motifs (C(OH)–C–C–N with tert-alkyl or cyclic N) is 1. The number of carbonyl (C=O) groups is 1. The predicted molar refractivity (Wildman–Crippen MR) is 122 cm³/mol. The van der Waals surface area contributed by atoms with Gasteiger partial charge in [-0.15, -0.1) is 0 Å². The molecule has 0 unspecified atom stereocenters. The second-order valence-electron chi connectivity index (χ2n) is 8.84. The number of amides is 1. The predicted octanol–water partition coefficient (Wildman–Crippen LogP) is 0.629. The monoisotopic (exact) mass is 453 g/mol. The van der Waals surface area contributed by atoms with Crippen LogP contribution < -0.4 is 16.8 Å². The molecule has 1 saturated heterocycles. The third-order valence-electron chi connectivity index (χ3n) is 6.20. The summed E-state index contributed by atoms with van der Waals surface area (Å²) in [6, 6.07) is 6.54. The normalized spacial score (nSPS) is 20.8. The molecule has 1 amide bonds. The van der Waals surface area contributed by atoms with Gasteiger partial charge in [-0.25, -0.2) is 9.78 Å². The SMILES string of the molecule is Cc1cn([C@H]2CCN(C(=O)CCCc3nc4ccccc4c(=O)[nH]3)C[C@]2(C)O)c(=O)[nH]c1=O. The maximum Gasteiger partial charge on any atom is 0.328 e. The molecule has 33 heavy (non-hydrogen) atoms. The number of aliphatic hydroxyl groups is 1. The number of aromatic nitrogens is 4. The minimum Gasteiger partial charge on any atom is -0.386 e. The molecule has 1 aromatic carbocycles. The number of nitrogens with zero attached hydrogens (tertiary/aromatic N) is 3. The number of carbonyl (C=O) groups excluding carboxylic acids is 1. The largest absolute Gasteiger partial charge is 0.386 e. The van der Waals surface area contributed by atoms with Crippen molar-refractivity contribution in [3.05, 3.63) is 73.0 Å². The standard InChI is InChI=1S/C23H27N5O5/c1-14-12-28(22(32)26-20(14)30)17-10-11-27(13-23(17,2)33)19(29)9-5-8-18-24-16-7-4-3-6-15(16)21(31)25-18/h3-4,6-7,12,17,33H,5,8-11,13H2,1-2H3,(H,24,25,31)(H,26,30,32)/t17-,23-/m0/s1. The van der Waals surface area contributed by atoms with E-state index in [4.69, 9.17) is 0 Å². The van der Waals surface area contributed by atoms with Gasteiger partial charge in [0, 0.05) is 31.1 Å². The summed E-state index contributed by atoms with van der Waals surface area (Å²) in [5, 5.41) is 11.6. The lowest BCUT2D eigenvalue weighted by molar-refractivity contribution is -0.140. The molecule has 2 atom stereocenters. The van der Waals surface area contributed by atoms with E-state index in [1.165, 1.54) is 10.8 Å². The van der Waals surface area contributed by atoms with Crippen molar-refractivity contribution in [3.8, 4) is 0 Å². The number of rotatable bonds is 5. The van der Waals surface area contributed by atoms with Crippen molar-refractivity contribution in [2.45, 2.75) is 51.2 Å². The number of para-hydroxylation sites is 1. The molecule has 1 aliphatic rings. The molecule has 1 aliphatic heterocycles. The number of aromatic amines is 2. The van der Waals surface area contributed by atoms with E-state index in [2.05, 4.69) is 15.0 Å². The summed E-state index contributed by atoms with van der Waals surface area (Å²) in [6.07, 6.45) is 3.03. The Morgan fingerprint density at radius 3 is 2.73 bits per heavy atom. The minimum atomic E-state index is -1.34. The average molecular weight is 453 g/mol. The Hall–Kier alpha value is -3.53. The molecule has 4 rings (SSSR count). The van der Waals surface area contributed by atoms with Gasteiger partial charge < -0.3 is 15.0 Å². The Morgan fingerprint density at radius 2 is 1.97 bits per heavy atom. The Labute approximate surface area is 188 Å². The molecule has 2 aromatic heterocycles. The van der Waals surface area contributed by atoms with Crippen molar-refractivity contribution in [2.24, 2.45) is 0 Å². The quantitative estimate of drug-likeness (QED) is 0.517. The van der Waals surface area contributed by atoms with E-state index >= 15 is 0 Å². The van der Waals surface area contributed by atoms with E-state index in [-0.39, 0.29) is 24.4 Å². The maximum atomic E-state index is 12.8. The van der Waals surface area contributed by atoms with E-state index in [0.29, 0.717) is 48.1 Å². The molecule has 0 aliphatic carbocycles. The zero-order chi connectivity index (χ0) is 23.8. The van der Waals surface area contributed by atoms with Crippen LogP contribution in [0.1, 0.15) is 43.6 Å². The number of fused-ring (bicyclic) bond motifs is 1. The lowest BCUT2D eigenvalue weighted by atomic mass is 9.88. The highest BCUT2D eigenvalue weighted by Crippen LogP contribution is 2.31. The van der Waals surface area contributed by atoms with Crippen molar-refractivity contribution in [3.63, 3.8) is 0 Å². The molecule has 0 saturated carbocycles. The number of hydrogen-bond donors (Lipinski definition) is 3. The topological polar surface area (TPSA) is 141 Å². The fourth-order valence-electron chi connectivity index (χ4n) is 4.45. The van der Waals surface area contributed by atoms with Crippen molar-refractivity contribution < 1.29 is 9.90 Å². The molecule has 0 radical (unpaired) electrons. The smallest absolute Gasteiger partial charge is 0.328 e. The summed E-state index contributed by atoms with van der Waals surface area (Å²) in [7, 11) is 0. The van der Waals surface area contributed by atoms with Crippen LogP contribution in [0.3, 0.4) is 0 Å². The van der Waals surface area contributed by atoms with Gasteiger partial charge in [-0.3, -0.25) is 23.9 Å². The van der Waals surface area contributed by atoms with Gasteiger partial charge in [0.1, 0.15) is 11.4 Å². The van der Waals surface area contributed by atoms with Crippen LogP contribution in [0.5, 0.6) is 0 Å². The zero-order valence-electron chi connectivity index (χ0n) is 18.6. The third-order valence-corrected chi connectivity index (χ3v) is 6.20. The van der Waals surface area contributed by atoms with Crippen LogP contribution in [-0.4, -0.2) is 54.1 Å². The lowest BCUT2D eigenvalue weighted by Gasteiger charge is -2.43. The summed E-state index contributed by atoms with van der Waals surface area (Å²) < 4.78 is 1.35. The van der Waals surface area contributed by atoms with Crippen LogP contribution in [0.15, 0.2) is 44.8 Å². The highest BCUT2D eigenvalue weighted by molar-refractivity contribution is 5.77. The molecule has 3 N–H and O–H groups in total. The number of hydrogen-bond acceptors (Lipinski definition) is 6. The van der Waals surface area contributed by atoms with Crippen molar-refractivity contribution >= 4 is 16.8 Å². The fourth-order valence-corrected chi connectivity index (χ4v) is 4.45. The van der Waals surface area contributed by atoms with Crippen molar-refractivity contribution in [2.75, 3.05) is 13.1 Å². The molecular formula is C23H27N5O5. The van der Waals surface area contributed by atoms with E-state index in [1.807, 2.05) is 6.07 Å². The molecule has 0 bridgehead atoms. The minimum absolute atomic E-state index is 0.0756. The van der Waals surface area contributed by atoms with Crippen LogP contribution in [0.2, 0.25) is 0 Å². The van der Waals surface area contributed by atoms with Gasteiger partial charge in [0.15, 0.2) is 0 Å². The summed E-state index contributed by atoms with van der Waals surface area (Å²) in [4.78, 5) is 59.9. The summed E-state index contributed by atoms with van der Waals surface area (Å²) in [5.74, 6) is 0.423. The fraction of sp³-hybridized carbons (Fsp3) is 0.435. The molecule has 174 valence electrons. The summed E-state index contributed by atoms with van der Waals surface area (Å²) in [5.41, 5.74) is -1.57. The van der Waals surface area contributed by atoms with Crippen LogP contribution in [0.25, 0.3) is 10.9 Å². The highest BCUT2D eigenvalue weighted by atomic mass is 16.3. The summed E-state index contributed by atoms with van der Waals surface area (Å²) in [6.45, 7) is 3.65. The first-order chi connectivity index (χ1) is 15.7. The molecule has 3 heterocycles. The summed E-state index contributed by atoms with van der Waals surface area (Å²) >= 11 is 0. The second kappa shape index (κ2) is 8.78. The van der Waals surface area contributed by atoms with Gasteiger partial charge in [-0.05, 0) is 38.8 Å². The third kappa shape index (κ3) is 4.65. The number of H-pyrrole nitrogens is 2. The van der Waals surface area contributed by atoms with Crippen molar-refractivity contribution in [1.29, 1.82) is 0 Å². The van der Waals surface area contributed by atoms with Crippen molar-refractivity contribution in [1.82, 2.24) is 24.4 Å². The lowest BCUT2D eigenvalue weighted by Crippen LogP contribution is -2.56. The molecule has 0 spiro atoms. The first-order valence-corrected chi connectivity index (χ1v) is 11.0. The maximum absolute atomic E-state index is 12.8. The van der Waals surface area contributed by atoms with Gasteiger partial charge in [-0.1, -0.05) is 12.1 Å². The van der Waals surface area contributed by atoms with Crippen LogP contribution in [0, 0.1) is 6.92 Å². The molecule has 10 heteroatoms. The molecule has 3 aromatic rings. The van der Waals surface area contributed by atoms with Crippen LogP contribution >= 0.6 is 0 Å². The molecule has 1 fully saturated rings.